The molecule has 0 radical (unpaired) electrons. The lowest BCUT2D eigenvalue weighted by Crippen LogP contribution is -2.47. The first-order valence-corrected chi connectivity index (χ1v) is 9.78. The number of aromatic nitrogens is 3. The maximum absolute atomic E-state index is 13.0. The first kappa shape index (κ1) is 21.0. The molecule has 29 heavy (non-hydrogen) atoms. The van der Waals surface area contributed by atoms with Crippen molar-refractivity contribution in [3.05, 3.63) is 66.0 Å². The Balaban J connectivity index is 0.00000240. The highest BCUT2D eigenvalue weighted by Gasteiger charge is 2.29. The molecule has 2 aromatic carbocycles. The third-order valence-electron chi connectivity index (χ3n) is 5.48. The summed E-state index contributed by atoms with van der Waals surface area (Å²) >= 11 is 0. The van der Waals surface area contributed by atoms with E-state index < -0.39 is 0 Å². The number of rotatable bonds is 4. The van der Waals surface area contributed by atoms with E-state index in [1.165, 1.54) is 0 Å². The Morgan fingerprint density at radius 3 is 2.45 bits per heavy atom. The lowest BCUT2D eigenvalue weighted by Gasteiger charge is -2.34. The van der Waals surface area contributed by atoms with Crippen LogP contribution >= 0.6 is 12.4 Å². The summed E-state index contributed by atoms with van der Waals surface area (Å²) in [4.78, 5) is 14.9. The number of piperidine rings is 1. The minimum absolute atomic E-state index is 0. The minimum Gasteiger partial charge on any atom is -0.333 e. The van der Waals surface area contributed by atoms with Crippen LogP contribution in [0.25, 0.3) is 16.8 Å². The summed E-state index contributed by atoms with van der Waals surface area (Å²) in [6.07, 6.45) is 3.08. The third-order valence-corrected chi connectivity index (χ3v) is 5.48. The number of amides is 1. The number of carbonyl (C=O) groups is 1. The fraction of sp³-hybridized carbons (Fsp3) is 0.318. The van der Waals surface area contributed by atoms with Crippen LogP contribution in [-0.2, 0) is 0 Å². The molecule has 1 unspecified atom stereocenters. The Hall–Kier alpha value is -2.70. The molecule has 2 N–H and O–H groups in total. The molecule has 0 bridgehead atoms. The van der Waals surface area contributed by atoms with Gasteiger partial charge < -0.3 is 10.6 Å². The zero-order valence-corrected chi connectivity index (χ0v) is 17.3. The SMILES string of the molecule is Cc1c(C(=O)N2CCCCC2CN)nnn1-c1ccc(-c2ccccc2)cc1.Cl. The maximum Gasteiger partial charge on any atom is 0.276 e. The zero-order valence-electron chi connectivity index (χ0n) is 16.5. The predicted molar refractivity (Wildman–Crippen MR) is 117 cm³/mol. The summed E-state index contributed by atoms with van der Waals surface area (Å²) < 4.78 is 1.73. The fourth-order valence-corrected chi connectivity index (χ4v) is 3.85. The number of halogens is 1. The topological polar surface area (TPSA) is 77.0 Å². The van der Waals surface area contributed by atoms with Gasteiger partial charge in [-0.15, -0.1) is 17.5 Å². The predicted octanol–water partition coefficient (Wildman–Crippen LogP) is 3.62. The van der Waals surface area contributed by atoms with Crippen molar-refractivity contribution in [2.24, 2.45) is 5.73 Å². The second-order valence-electron chi connectivity index (χ2n) is 7.23. The van der Waals surface area contributed by atoms with Crippen molar-refractivity contribution in [1.29, 1.82) is 0 Å². The molecule has 1 fully saturated rings. The molecule has 0 saturated carbocycles. The van der Waals surface area contributed by atoms with E-state index in [1.54, 1.807) is 4.68 Å². The molecular formula is C22H26ClN5O. The average Bonchev–Trinajstić information content (AvgIpc) is 3.15. The van der Waals surface area contributed by atoms with E-state index >= 15 is 0 Å². The first-order valence-electron chi connectivity index (χ1n) is 9.78. The number of carbonyl (C=O) groups excluding carboxylic acids is 1. The van der Waals surface area contributed by atoms with Crippen LogP contribution in [0.2, 0.25) is 0 Å². The van der Waals surface area contributed by atoms with E-state index in [9.17, 15) is 4.79 Å². The zero-order chi connectivity index (χ0) is 19.5. The summed E-state index contributed by atoms with van der Waals surface area (Å²) in [5.74, 6) is -0.0696. The van der Waals surface area contributed by atoms with Crippen molar-refractivity contribution in [2.75, 3.05) is 13.1 Å². The Labute approximate surface area is 177 Å². The fourth-order valence-electron chi connectivity index (χ4n) is 3.85. The van der Waals surface area contributed by atoms with Gasteiger partial charge in [-0.05, 0) is 49.4 Å². The number of hydrogen-bond donors (Lipinski definition) is 1. The smallest absolute Gasteiger partial charge is 0.276 e. The minimum atomic E-state index is -0.0696. The number of likely N-dealkylation sites (tertiary alicyclic amines) is 1. The third kappa shape index (κ3) is 4.18. The van der Waals surface area contributed by atoms with Gasteiger partial charge in [0.2, 0.25) is 0 Å². The van der Waals surface area contributed by atoms with E-state index in [0.717, 1.165) is 48.3 Å². The van der Waals surface area contributed by atoms with E-state index in [1.807, 2.05) is 42.2 Å². The molecule has 1 aliphatic heterocycles. The van der Waals surface area contributed by atoms with Crippen molar-refractivity contribution in [3.63, 3.8) is 0 Å². The van der Waals surface area contributed by atoms with E-state index in [2.05, 4.69) is 34.6 Å². The van der Waals surface area contributed by atoms with Gasteiger partial charge in [0.05, 0.1) is 11.4 Å². The molecular weight excluding hydrogens is 386 g/mol. The quantitative estimate of drug-likeness (QED) is 0.711. The Morgan fingerprint density at radius 2 is 1.76 bits per heavy atom. The first-order chi connectivity index (χ1) is 13.7. The molecule has 1 aromatic heterocycles. The van der Waals surface area contributed by atoms with Gasteiger partial charge in [-0.3, -0.25) is 4.79 Å². The van der Waals surface area contributed by atoms with Gasteiger partial charge in [0, 0.05) is 19.1 Å². The van der Waals surface area contributed by atoms with E-state index in [0.29, 0.717) is 12.2 Å². The van der Waals surface area contributed by atoms with Crippen LogP contribution in [-0.4, -0.2) is 44.9 Å². The number of nitrogens with zero attached hydrogens (tertiary/aromatic N) is 4. The highest BCUT2D eigenvalue weighted by atomic mass is 35.5. The Morgan fingerprint density at radius 1 is 1.07 bits per heavy atom. The standard InChI is InChI=1S/C22H25N5O.ClH/c1-16-21(22(28)26-14-6-5-9-20(26)15-23)24-25-27(16)19-12-10-18(11-13-19)17-7-3-2-4-8-17;/h2-4,7-8,10-13,20H,5-6,9,14-15,23H2,1H3;1H. The lowest BCUT2D eigenvalue weighted by atomic mass is 10.0. The summed E-state index contributed by atoms with van der Waals surface area (Å²) in [5, 5.41) is 8.44. The highest BCUT2D eigenvalue weighted by Crippen LogP contribution is 2.23. The summed E-state index contributed by atoms with van der Waals surface area (Å²) in [7, 11) is 0. The van der Waals surface area contributed by atoms with Crippen LogP contribution in [0.15, 0.2) is 54.6 Å². The van der Waals surface area contributed by atoms with Crippen LogP contribution in [0.4, 0.5) is 0 Å². The number of nitrogens with two attached hydrogens (primary N) is 1. The van der Waals surface area contributed by atoms with Gasteiger partial charge in [-0.2, -0.15) is 0 Å². The highest BCUT2D eigenvalue weighted by molar-refractivity contribution is 5.93. The van der Waals surface area contributed by atoms with Gasteiger partial charge >= 0.3 is 0 Å². The van der Waals surface area contributed by atoms with Crippen LogP contribution in [0, 0.1) is 6.92 Å². The average molecular weight is 412 g/mol. The van der Waals surface area contributed by atoms with Crippen LogP contribution in [0.5, 0.6) is 0 Å². The molecule has 3 aromatic rings. The maximum atomic E-state index is 13.0. The molecule has 1 aliphatic rings. The molecule has 6 nitrogen and oxygen atoms in total. The summed E-state index contributed by atoms with van der Waals surface area (Å²) in [6, 6.07) is 18.4. The molecule has 1 amide bonds. The molecule has 7 heteroatoms. The number of hydrogen-bond acceptors (Lipinski definition) is 4. The second-order valence-corrected chi connectivity index (χ2v) is 7.23. The molecule has 1 saturated heterocycles. The number of benzene rings is 2. The van der Waals surface area contributed by atoms with Crippen molar-refractivity contribution in [3.8, 4) is 16.8 Å². The van der Waals surface area contributed by atoms with Crippen molar-refractivity contribution in [2.45, 2.75) is 32.2 Å². The Kier molecular flexibility index (Phi) is 6.67. The van der Waals surface area contributed by atoms with Crippen molar-refractivity contribution in [1.82, 2.24) is 19.9 Å². The van der Waals surface area contributed by atoms with Crippen LogP contribution in [0.3, 0.4) is 0 Å². The van der Waals surface area contributed by atoms with Gasteiger partial charge in [-0.1, -0.05) is 47.7 Å². The molecule has 1 atom stereocenters. The second kappa shape index (κ2) is 9.20. The van der Waals surface area contributed by atoms with Crippen molar-refractivity contribution >= 4 is 18.3 Å². The normalized spacial score (nSPS) is 16.3. The van der Waals surface area contributed by atoms with Gasteiger partial charge in [-0.25, -0.2) is 4.68 Å². The summed E-state index contributed by atoms with van der Waals surface area (Å²) in [5.41, 5.74) is 10.2. The molecule has 0 aliphatic carbocycles. The van der Waals surface area contributed by atoms with Gasteiger partial charge in [0.25, 0.3) is 5.91 Å². The van der Waals surface area contributed by atoms with Crippen molar-refractivity contribution < 1.29 is 4.79 Å². The molecule has 4 rings (SSSR count). The van der Waals surface area contributed by atoms with Gasteiger partial charge in [0.1, 0.15) is 0 Å². The molecule has 0 spiro atoms. The Bertz CT molecular complexity index is 955. The van der Waals surface area contributed by atoms with Crippen LogP contribution in [0.1, 0.15) is 35.4 Å². The van der Waals surface area contributed by atoms with E-state index in [4.69, 9.17) is 5.73 Å². The molecule has 2 heterocycles. The lowest BCUT2D eigenvalue weighted by molar-refractivity contribution is 0.0616. The largest absolute Gasteiger partial charge is 0.333 e. The summed E-state index contributed by atoms with van der Waals surface area (Å²) in [6.45, 7) is 3.11. The van der Waals surface area contributed by atoms with Gasteiger partial charge in [0.15, 0.2) is 5.69 Å². The van der Waals surface area contributed by atoms with E-state index in [-0.39, 0.29) is 24.4 Å². The molecule has 152 valence electrons. The van der Waals surface area contributed by atoms with Crippen LogP contribution < -0.4 is 5.73 Å². The monoisotopic (exact) mass is 411 g/mol.